The third kappa shape index (κ3) is 3.34. The molecular weight excluding hydrogens is 405 g/mol. The molecule has 2 fully saturated rings. The number of halogens is 1. The summed E-state index contributed by atoms with van der Waals surface area (Å²) in [5.41, 5.74) is 3.54. The predicted molar refractivity (Wildman–Crippen MR) is 121 cm³/mol. The van der Waals surface area contributed by atoms with Crippen LogP contribution in [0.5, 0.6) is 0 Å². The molecule has 0 bridgehead atoms. The molecular formula is C25H30FN5O. The van der Waals surface area contributed by atoms with Gasteiger partial charge in [-0.25, -0.2) is 4.39 Å². The van der Waals surface area contributed by atoms with Crippen LogP contribution in [0.3, 0.4) is 0 Å². The second-order valence-corrected chi connectivity index (χ2v) is 9.56. The van der Waals surface area contributed by atoms with Gasteiger partial charge in [-0.15, -0.1) is 10.2 Å². The number of rotatable bonds is 3. The number of benzene rings is 1. The van der Waals surface area contributed by atoms with Gasteiger partial charge in [0.25, 0.3) is 5.91 Å². The minimum absolute atomic E-state index is 0.0704. The summed E-state index contributed by atoms with van der Waals surface area (Å²) in [5.74, 6) is 1.00. The maximum absolute atomic E-state index is 13.8. The highest BCUT2D eigenvalue weighted by Crippen LogP contribution is 2.51. The van der Waals surface area contributed by atoms with E-state index in [-0.39, 0.29) is 23.1 Å². The van der Waals surface area contributed by atoms with Crippen LogP contribution in [0.4, 0.5) is 4.39 Å². The summed E-state index contributed by atoms with van der Waals surface area (Å²) in [6.07, 6.45) is 7.68. The van der Waals surface area contributed by atoms with E-state index in [1.165, 1.54) is 31.4 Å². The predicted octanol–water partition coefficient (Wildman–Crippen LogP) is 4.46. The molecule has 1 atom stereocenters. The molecule has 1 unspecified atom stereocenters. The van der Waals surface area contributed by atoms with Gasteiger partial charge < -0.3 is 14.0 Å². The van der Waals surface area contributed by atoms with E-state index in [0.29, 0.717) is 6.54 Å². The number of hydrogen-bond acceptors (Lipinski definition) is 3. The zero-order chi connectivity index (χ0) is 22.5. The van der Waals surface area contributed by atoms with Crippen molar-refractivity contribution in [2.24, 2.45) is 19.5 Å². The fourth-order valence-corrected chi connectivity index (χ4v) is 5.83. The highest BCUT2D eigenvalue weighted by molar-refractivity contribution is 5.97. The van der Waals surface area contributed by atoms with Gasteiger partial charge in [0.15, 0.2) is 0 Å². The van der Waals surface area contributed by atoms with Crippen molar-refractivity contribution in [2.45, 2.75) is 44.9 Å². The van der Waals surface area contributed by atoms with Crippen LogP contribution in [0.15, 0.2) is 36.7 Å². The SMILES string of the molecule is Cc1c(C(=O)N2CC(c3nncn3C)C3(CCCCC3)C2)cc(-c2ccc(F)cc2)n1C. The zero-order valence-corrected chi connectivity index (χ0v) is 19.0. The van der Waals surface area contributed by atoms with Crippen LogP contribution in [0, 0.1) is 18.2 Å². The molecule has 0 radical (unpaired) electrons. The molecule has 32 heavy (non-hydrogen) atoms. The lowest BCUT2D eigenvalue weighted by Gasteiger charge is -2.37. The van der Waals surface area contributed by atoms with E-state index in [1.807, 2.05) is 41.1 Å². The Bertz CT molecular complexity index is 1140. The number of carbonyl (C=O) groups excluding carboxylic acids is 1. The minimum Gasteiger partial charge on any atom is -0.347 e. The van der Waals surface area contributed by atoms with Crippen molar-refractivity contribution < 1.29 is 9.18 Å². The molecule has 0 N–H and O–H groups in total. The minimum atomic E-state index is -0.263. The molecule has 2 aromatic heterocycles. The van der Waals surface area contributed by atoms with Gasteiger partial charge in [0.1, 0.15) is 18.0 Å². The lowest BCUT2D eigenvalue weighted by molar-refractivity contribution is 0.0757. The number of amides is 1. The average molecular weight is 436 g/mol. The van der Waals surface area contributed by atoms with E-state index in [1.54, 1.807) is 18.5 Å². The first-order valence-corrected chi connectivity index (χ1v) is 11.4. The second kappa shape index (κ2) is 7.87. The van der Waals surface area contributed by atoms with Crippen LogP contribution in [-0.2, 0) is 14.1 Å². The summed E-state index contributed by atoms with van der Waals surface area (Å²) in [6, 6.07) is 8.38. The third-order valence-electron chi connectivity index (χ3n) is 7.75. The van der Waals surface area contributed by atoms with Gasteiger partial charge >= 0.3 is 0 Å². The highest BCUT2D eigenvalue weighted by Gasteiger charge is 2.50. The van der Waals surface area contributed by atoms with E-state index in [2.05, 4.69) is 10.2 Å². The first kappa shape index (κ1) is 20.9. The maximum atomic E-state index is 13.8. The molecule has 3 heterocycles. The summed E-state index contributed by atoms with van der Waals surface area (Å²) >= 11 is 0. The van der Waals surface area contributed by atoms with Crippen molar-refractivity contribution >= 4 is 5.91 Å². The smallest absolute Gasteiger partial charge is 0.255 e. The standard InChI is InChI=1S/C25H30FN5O/c1-17-20(13-22(30(17)3)18-7-9-19(26)10-8-18)24(32)31-14-21(23-28-27-16-29(23)2)25(15-31)11-5-4-6-12-25/h7-10,13,16,21H,4-6,11-12,14-15H2,1-3H3. The van der Waals surface area contributed by atoms with Gasteiger partial charge in [0.2, 0.25) is 0 Å². The molecule has 1 aliphatic heterocycles. The molecule has 1 aromatic carbocycles. The molecule has 168 valence electrons. The van der Waals surface area contributed by atoms with E-state index < -0.39 is 0 Å². The van der Waals surface area contributed by atoms with Crippen LogP contribution in [0.1, 0.15) is 59.9 Å². The van der Waals surface area contributed by atoms with E-state index in [4.69, 9.17) is 0 Å². The van der Waals surface area contributed by atoms with Crippen LogP contribution >= 0.6 is 0 Å². The molecule has 7 heteroatoms. The maximum Gasteiger partial charge on any atom is 0.255 e. The largest absolute Gasteiger partial charge is 0.347 e. The molecule has 1 aliphatic carbocycles. The molecule has 1 spiro atoms. The van der Waals surface area contributed by atoms with Crippen LogP contribution in [0.25, 0.3) is 11.3 Å². The Labute approximate surface area is 188 Å². The quantitative estimate of drug-likeness (QED) is 0.610. The monoisotopic (exact) mass is 435 g/mol. The highest BCUT2D eigenvalue weighted by atomic mass is 19.1. The zero-order valence-electron chi connectivity index (χ0n) is 19.0. The lowest BCUT2D eigenvalue weighted by atomic mass is 9.67. The Hall–Kier alpha value is -2.96. The van der Waals surface area contributed by atoms with Crippen molar-refractivity contribution in [3.8, 4) is 11.3 Å². The van der Waals surface area contributed by atoms with Gasteiger partial charge in [-0.05, 0) is 61.1 Å². The Morgan fingerprint density at radius 2 is 1.84 bits per heavy atom. The van der Waals surface area contributed by atoms with E-state index in [0.717, 1.165) is 47.7 Å². The Morgan fingerprint density at radius 1 is 1.12 bits per heavy atom. The first-order valence-electron chi connectivity index (χ1n) is 11.4. The fraction of sp³-hybridized carbons (Fsp3) is 0.480. The first-order chi connectivity index (χ1) is 15.4. The van der Waals surface area contributed by atoms with Crippen molar-refractivity contribution in [1.82, 2.24) is 24.2 Å². The lowest BCUT2D eigenvalue weighted by Crippen LogP contribution is -2.34. The number of nitrogens with zero attached hydrogens (tertiary/aromatic N) is 5. The van der Waals surface area contributed by atoms with E-state index in [9.17, 15) is 9.18 Å². The third-order valence-corrected chi connectivity index (χ3v) is 7.75. The topological polar surface area (TPSA) is 56.0 Å². The number of hydrogen-bond donors (Lipinski definition) is 0. The van der Waals surface area contributed by atoms with E-state index >= 15 is 0 Å². The molecule has 2 aliphatic rings. The van der Waals surface area contributed by atoms with Gasteiger partial charge in [-0.3, -0.25) is 4.79 Å². The second-order valence-electron chi connectivity index (χ2n) is 9.56. The Balaban J connectivity index is 1.48. The molecule has 1 saturated heterocycles. The molecule has 5 rings (SSSR count). The fourth-order valence-electron chi connectivity index (χ4n) is 5.83. The van der Waals surface area contributed by atoms with Crippen molar-refractivity contribution in [2.75, 3.05) is 13.1 Å². The van der Waals surface area contributed by atoms with Crippen LogP contribution in [0.2, 0.25) is 0 Å². The molecule has 1 saturated carbocycles. The van der Waals surface area contributed by atoms with Gasteiger partial charge in [-0.1, -0.05) is 19.3 Å². The Morgan fingerprint density at radius 3 is 2.50 bits per heavy atom. The number of likely N-dealkylation sites (tertiary alicyclic amines) is 1. The van der Waals surface area contributed by atoms with Gasteiger partial charge in [-0.2, -0.15) is 0 Å². The molecule has 3 aromatic rings. The Kier molecular flexibility index (Phi) is 5.14. The summed E-state index contributed by atoms with van der Waals surface area (Å²) < 4.78 is 17.4. The van der Waals surface area contributed by atoms with Crippen molar-refractivity contribution in [3.63, 3.8) is 0 Å². The molecule has 6 nitrogen and oxygen atoms in total. The number of aryl methyl sites for hydroxylation is 1. The normalized spacial score (nSPS) is 20.2. The van der Waals surface area contributed by atoms with Crippen LogP contribution < -0.4 is 0 Å². The van der Waals surface area contributed by atoms with Gasteiger partial charge in [0.05, 0.1) is 5.56 Å². The average Bonchev–Trinajstić information content (AvgIpc) is 3.46. The number of carbonyl (C=O) groups is 1. The summed E-state index contributed by atoms with van der Waals surface area (Å²) in [7, 11) is 3.95. The summed E-state index contributed by atoms with van der Waals surface area (Å²) in [4.78, 5) is 15.8. The summed E-state index contributed by atoms with van der Waals surface area (Å²) in [6.45, 7) is 3.42. The van der Waals surface area contributed by atoms with Crippen molar-refractivity contribution in [1.29, 1.82) is 0 Å². The number of aromatic nitrogens is 4. The summed E-state index contributed by atoms with van der Waals surface area (Å²) in [5, 5.41) is 8.56. The van der Waals surface area contributed by atoms with Crippen molar-refractivity contribution in [3.05, 3.63) is 59.6 Å². The van der Waals surface area contributed by atoms with Gasteiger partial charge in [0, 0.05) is 44.5 Å². The van der Waals surface area contributed by atoms with Crippen LogP contribution in [-0.4, -0.2) is 43.2 Å². The molecule has 1 amide bonds.